The Morgan fingerprint density at radius 3 is 2.65 bits per heavy atom. The lowest BCUT2D eigenvalue weighted by Gasteiger charge is -2.29. The quantitative estimate of drug-likeness (QED) is 0.432. The molecule has 3 N–H and O–H groups in total. The zero-order valence-corrected chi connectivity index (χ0v) is 15.3. The number of halogens is 1. The Bertz CT molecular complexity index is 489. The third kappa shape index (κ3) is 7.21. The highest BCUT2D eigenvalue weighted by Crippen LogP contribution is 2.30. The Morgan fingerprint density at radius 1 is 1.30 bits per heavy atom. The summed E-state index contributed by atoms with van der Waals surface area (Å²) in [4.78, 5) is 0. The summed E-state index contributed by atoms with van der Waals surface area (Å²) in [6.07, 6.45) is 3.50. The first-order chi connectivity index (χ1) is 10.7. The number of hydrogen-bond donors (Lipinski definition) is 3. The Morgan fingerprint density at radius 2 is 2.00 bits per heavy atom. The molecule has 0 aliphatic rings. The average Bonchev–Trinajstić information content (AvgIpc) is 2.45. The molecule has 0 heterocycles. The summed E-state index contributed by atoms with van der Waals surface area (Å²) in [5.41, 5.74) is 0.994. The number of rotatable bonds is 10. The molecule has 0 radical (unpaired) electrons. The second-order valence-corrected chi connectivity index (χ2v) is 7.50. The zero-order chi connectivity index (χ0) is 17.5. The number of aryl methyl sites for hydroxylation is 1. The smallest absolute Gasteiger partial charge is 0.139 e. The predicted octanol–water partition coefficient (Wildman–Crippen LogP) is 4.69. The van der Waals surface area contributed by atoms with E-state index in [-0.39, 0.29) is 17.0 Å². The van der Waals surface area contributed by atoms with Crippen LogP contribution in [0.3, 0.4) is 0 Å². The van der Waals surface area contributed by atoms with Gasteiger partial charge in [-0.25, -0.2) is 4.39 Å². The summed E-state index contributed by atoms with van der Waals surface area (Å²) in [7, 11) is 0. The number of aromatic hydroxyl groups is 1. The zero-order valence-electron chi connectivity index (χ0n) is 15.3. The minimum Gasteiger partial charge on any atom is -0.506 e. The van der Waals surface area contributed by atoms with E-state index in [1.54, 1.807) is 6.92 Å². The summed E-state index contributed by atoms with van der Waals surface area (Å²) in [6.45, 7) is 13.3. The van der Waals surface area contributed by atoms with E-state index in [2.05, 4.69) is 38.3 Å². The molecule has 0 saturated heterocycles. The summed E-state index contributed by atoms with van der Waals surface area (Å²) in [5, 5.41) is 16.6. The standard InChI is InChI=1S/C19H33FN2O/c1-6-7-8-21-12-14(2)11-19(4,5)13-22-17-10-16(20)15(3)9-18(17)23/h9-10,14,21-23H,6-8,11-13H2,1-5H3. The molecule has 23 heavy (non-hydrogen) atoms. The maximum Gasteiger partial charge on any atom is 0.139 e. The first-order valence-corrected chi connectivity index (χ1v) is 8.69. The third-order valence-electron chi connectivity index (χ3n) is 4.14. The molecule has 0 saturated carbocycles. The van der Waals surface area contributed by atoms with Gasteiger partial charge in [-0.3, -0.25) is 0 Å². The molecule has 0 aromatic heterocycles. The first-order valence-electron chi connectivity index (χ1n) is 8.69. The molecule has 1 aromatic rings. The maximum atomic E-state index is 13.6. The normalized spacial score (nSPS) is 13.1. The number of unbranched alkanes of at least 4 members (excludes halogenated alkanes) is 1. The SMILES string of the molecule is CCCCNCC(C)CC(C)(C)CNc1cc(F)c(C)cc1O. The molecule has 0 amide bonds. The minimum absolute atomic E-state index is 0.0691. The van der Waals surface area contributed by atoms with Crippen LogP contribution in [-0.4, -0.2) is 24.7 Å². The third-order valence-corrected chi connectivity index (χ3v) is 4.14. The number of anilines is 1. The number of hydrogen-bond acceptors (Lipinski definition) is 3. The fourth-order valence-electron chi connectivity index (χ4n) is 2.88. The van der Waals surface area contributed by atoms with Gasteiger partial charge in [-0.15, -0.1) is 0 Å². The van der Waals surface area contributed by atoms with Crippen LogP contribution in [0.15, 0.2) is 12.1 Å². The van der Waals surface area contributed by atoms with Gasteiger partial charge in [0.25, 0.3) is 0 Å². The molecule has 0 aliphatic heterocycles. The molecule has 0 aliphatic carbocycles. The molecule has 0 fully saturated rings. The van der Waals surface area contributed by atoms with Crippen LogP contribution in [0.5, 0.6) is 5.75 Å². The fraction of sp³-hybridized carbons (Fsp3) is 0.684. The molecule has 3 nitrogen and oxygen atoms in total. The van der Waals surface area contributed by atoms with E-state index >= 15 is 0 Å². The van der Waals surface area contributed by atoms with Gasteiger partial charge in [0.2, 0.25) is 0 Å². The van der Waals surface area contributed by atoms with Crippen LogP contribution >= 0.6 is 0 Å². The van der Waals surface area contributed by atoms with Crippen molar-refractivity contribution in [1.82, 2.24) is 5.32 Å². The van der Waals surface area contributed by atoms with Crippen molar-refractivity contribution >= 4 is 5.69 Å². The molecule has 4 heteroatoms. The summed E-state index contributed by atoms with van der Waals surface area (Å²) in [6, 6.07) is 2.83. The highest BCUT2D eigenvalue weighted by atomic mass is 19.1. The van der Waals surface area contributed by atoms with Crippen molar-refractivity contribution in [3.8, 4) is 5.75 Å². The highest BCUT2D eigenvalue weighted by molar-refractivity contribution is 5.57. The van der Waals surface area contributed by atoms with Gasteiger partial charge in [0, 0.05) is 12.6 Å². The van der Waals surface area contributed by atoms with Crippen molar-refractivity contribution in [3.63, 3.8) is 0 Å². The topological polar surface area (TPSA) is 44.3 Å². The Balaban J connectivity index is 2.47. The van der Waals surface area contributed by atoms with Crippen molar-refractivity contribution in [3.05, 3.63) is 23.5 Å². The van der Waals surface area contributed by atoms with Crippen molar-refractivity contribution in [2.45, 2.75) is 53.9 Å². The molecular weight excluding hydrogens is 291 g/mol. The van der Waals surface area contributed by atoms with E-state index in [1.165, 1.54) is 25.0 Å². The van der Waals surface area contributed by atoms with E-state index in [9.17, 15) is 9.50 Å². The van der Waals surface area contributed by atoms with Crippen LogP contribution in [-0.2, 0) is 0 Å². The largest absolute Gasteiger partial charge is 0.506 e. The van der Waals surface area contributed by atoms with E-state index in [1.807, 2.05) is 0 Å². The van der Waals surface area contributed by atoms with Crippen molar-refractivity contribution in [2.24, 2.45) is 11.3 Å². The average molecular weight is 324 g/mol. The van der Waals surface area contributed by atoms with Crippen LogP contribution < -0.4 is 10.6 Å². The van der Waals surface area contributed by atoms with Crippen LogP contribution in [0, 0.1) is 24.1 Å². The number of benzene rings is 1. The molecule has 1 atom stereocenters. The second kappa shape index (κ2) is 9.11. The van der Waals surface area contributed by atoms with Gasteiger partial charge in [0.15, 0.2) is 0 Å². The molecular formula is C19H33FN2O. The summed E-state index contributed by atoms with van der Waals surface area (Å²) < 4.78 is 13.6. The summed E-state index contributed by atoms with van der Waals surface area (Å²) in [5.74, 6) is 0.387. The molecule has 1 aromatic carbocycles. The van der Waals surface area contributed by atoms with Gasteiger partial charge >= 0.3 is 0 Å². The van der Waals surface area contributed by atoms with Crippen molar-refractivity contribution < 1.29 is 9.50 Å². The number of phenolic OH excluding ortho intramolecular Hbond substituents is 1. The van der Waals surface area contributed by atoms with Gasteiger partial charge in [0.1, 0.15) is 11.6 Å². The van der Waals surface area contributed by atoms with E-state index in [0.29, 0.717) is 23.7 Å². The molecule has 0 spiro atoms. The Labute approximate surface area is 140 Å². The number of nitrogens with one attached hydrogen (secondary N) is 2. The highest BCUT2D eigenvalue weighted by Gasteiger charge is 2.21. The minimum atomic E-state index is -0.295. The second-order valence-electron chi connectivity index (χ2n) is 7.50. The van der Waals surface area contributed by atoms with Crippen molar-refractivity contribution in [1.29, 1.82) is 0 Å². The van der Waals surface area contributed by atoms with Gasteiger partial charge in [-0.2, -0.15) is 0 Å². The van der Waals surface area contributed by atoms with E-state index in [4.69, 9.17) is 0 Å². The first kappa shape index (κ1) is 19.8. The molecule has 1 rings (SSSR count). The van der Waals surface area contributed by atoms with Gasteiger partial charge in [-0.1, -0.05) is 34.1 Å². The molecule has 0 bridgehead atoms. The number of phenols is 1. The Hall–Kier alpha value is -1.29. The van der Waals surface area contributed by atoms with E-state index in [0.717, 1.165) is 19.5 Å². The van der Waals surface area contributed by atoms with Crippen LogP contribution in [0.25, 0.3) is 0 Å². The Kier molecular flexibility index (Phi) is 7.83. The lowest BCUT2D eigenvalue weighted by atomic mass is 9.83. The van der Waals surface area contributed by atoms with Crippen LogP contribution in [0.1, 0.15) is 52.5 Å². The lowest BCUT2D eigenvalue weighted by Crippen LogP contribution is -2.30. The monoisotopic (exact) mass is 324 g/mol. The van der Waals surface area contributed by atoms with Crippen LogP contribution in [0.2, 0.25) is 0 Å². The van der Waals surface area contributed by atoms with E-state index < -0.39 is 0 Å². The lowest BCUT2D eigenvalue weighted by molar-refractivity contribution is 0.287. The molecule has 132 valence electrons. The van der Waals surface area contributed by atoms with Crippen molar-refractivity contribution in [2.75, 3.05) is 25.0 Å². The van der Waals surface area contributed by atoms with Gasteiger partial charge in [0.05, 0.1) is 5.69 Å². The maximum absolute atomic E-state index is 13.6. The fourth-order valence-corrected chi connectivity index (χ4v) is 2.88. The van der Waals surface area contributed by atoms with Crippen LogP contribution in [0.4, 0.5) is 10.1 Å². The van der Waals surface area contributed by atoms with Gasteiger partial charge in [-0.05, 0) is 55.8 Å². The predicted molar refractivity (Wildman–Crippen MR) is 96.6 cm³/mol. The molecule has 1 unspecified atom stereocenters. The summed E-state index contributed by atoms with van der Waals surface area (Å²) >= 11 is 0. The van der Waals surface area contributed by atoms with Gasteiger partial charge < -0.3 is 15.7 Å².